The molecule has 0 aliphatic heterocycles. The lowest BCUT2D eigenvalue weighted by Crippen LogP contribution is -2.34. The molecule has 0 aromatic rings. The van der Waals surface area contributed by atoms with Crippen LogP contribution in [0, 0.1) is 12.3 Å². The van der Waals surface area contributed by atoms with E-state index < -0.39 is 6.04 Å². The first kappa shape index (κ1) is 7.99. The zero-order valence-corrected chi connectivity index (χ0v) is 5.22. The number of hydrogen-bond donors (Lipinski definition) is 2. The van der Waals surface area contributed by atoms with Gasteiger partial charge < -0.3 is 10.4 Å². The lowest BCUT2D eigenvalue weighted by atomic mass is 10.3. The lowest BCUT2D eigenvalue weighted by molar-refractivity contribution is -0.119. The average Bonchev–Trinajstić information content (AvgIpc) is 1.82. The number of terminal acetylenes is 1. The van der Waals surface area contributed by atoms with E-state index in [1.165, 1.54) is 6.92 Å². The van der Waals surface area contributed by atoms with E-state index in [-0.39, 0.29) is 12.5 Å². The van der Waals surface area contributed by atoms with Crippen LogP contribution in [0.4, 0.5) is 0 Å². The van der Waals surface area contributed by atoms with Gasteiger partial charge in [0, 0.05) is 6.92 Å². The summed E-state index contributed by atoms with van der Waals surface area (Å²) in [4.78, 5) is 10.3. The molecule has 2 N–H and O–H groups in total. The highest BCUT2D eigenvalue weighted by Gasteiger charge is 2.01. The van der Waals surface area contributed by atoms with Gasteiger partial charge in [-0.2, -0.15) is 0 Å². The number of nitrogens with one attached hydrogen (secondary N) is 1. The number of hydrogen-bond acceptors (Lipinski definition) is 2. The SMILES string of the molecule is C#C[C@H](CO)NC(C)=O. The number of rotatable bonds is 2. The summed E-state index contributed by atoms with van der Waals surface area (Å²) in [5.41, 5.74) is 0. The van der Waals surface area contributed by atoms with Crippen LogP contribution in [0.3, 0.4) is 0 Å². The molecule has 0 spiro atoms. The van der Waals surface area contributed by atoms with Crippen molar-refractivity contribution in [2.75, 3.05) is 6.61 Å². The summed E-state index contributed by atoms with van der Waals surface area (Å²) >= 11 is 0. The zero-order valence-electron chi connectivity index (χ0n) is 5.22. The highest BCUT2D eigenvalue weighted by Crippen LogP contribution is 1.75. The van der Waals surface area contributed by atoms with Crippen molar-refractivity contribution < 1.29 is 9.90 Å². The first-order chi connectivity index (χ1) is 4.20. The smallest absolute Gasteiger partial charge is 0.217 e. The molecule has 0 heterocycles. The first-order valence-corrected chi connectivity index (χ1v) is 2.54. The molecule has 3 heteroatoms. The van der Waals surface area contributed by atoms with Gasteiger partial charge in [-0.1, -0.05) is 5.92 Å². The minimum absolute atomic E-state index is 0.212. The van der Waals surface area contributed by atoms with Gasteiger partial charge in [0.25, 0.3) is 0 Å². The van der Waals surface area contributed by atoms with Crippen LogP contribution in [0.15, 0.2) is 0 Å². The van der Waals surface area contributed by atoms with Crippen LogP contribution >= 0.6 is 0 Å². The molecule has 0 aliphatic carbocycles. The number of carbonyl (C=O) groups is 1. The van der Waals surface area contributed by atoms with E-state index in [9.17, 15) is 4.79 Å². The average molecular weight is 127 g/mol. The van der Waals surface area contributed by atoms with Crippen LogP contribution in [0.25, 0.3) is 0 Å². The molecule has 1 amide bonds. The van der Waals surface area contributed by atoms with E-state index in [0.717, 1.165) is 0 Å². The van der Waals surface area contributed by atoms with Crippen LogP contribution in [0.1, 0.15) is 6.92 Å². The summed E-state index contributed by atoms with van der Waals surface area (Å²) < 4.78 is 0. The Labute approximate surface area is 54.1 Å². The van der Waals surface area contributed by atoms with Crippen LogP contribution in [0.2, 0.25) is 0 Å². The molecule has 3 nitrogen and oxygen atoms in total. The quantitative estimate of drug-likeness (QED) is 0.473. The third-order valence-electron chi connectivity index (χ3n) is 0.761. The van der Waals surface area contributed by atoms with Crippen molar-refractivity contribution in [1.29, 1.82) is 0 Å². The van der Waals surface area contributed by atoms with E-state index in [2.05, 4.69) is 11.2 Å². The van der Waals surface area contributed by atoms with Crippen LogP contribution in [-0.2, 0) is 4.79 Å². The molecule has 0 unspecified atom stereocenters. The Morgan fingerprint density at radius 2 is 2.56 bits per heavy atom. The van der Waals surface area contributed by atoms with E-state index in [1.54, 1.807) is 0 Å². The molecule has 0 rings (SSSR count). The topological polar surface area (TPSA) is 49.3 Å². The van der Waals surface area contributed by atoms with Crippen LogP contribution in [0.5, 0.6) is 0 Å². The first-order valence-electron chi connectivity index (χ1n) is 2.54. The summed E-state index contributed by atoms with van der Waals surface area (Å²) in [7, 11) is 0. The Hall–Kier alpha value is -1.01. The number of carbonyl (C=O) groups excluding carboxylic acids is 1. The monoisotopic (exact) mass is 127 g/mol. The Morgan fingerprint density at radius 1 is 2.00 bits per heavy atom. The highest BCUT2D eigenvalue weighted by molar-refractivity contribution is 5.73. The van der Waals surface area contributed by atoms with Gasteiger partial charge in [0.15, 0.2) is 0 Å². The maximum atomic E-state index is 10.3. The maximum absolute atomic E-state index is 10.3. The van der Waals surface area contributed by atoms with Gasteiger partial charge in [-0.05, 0) is 0 Å². The highest BCUT2D eigenvalue weighted by atomic mass is 16.3. The number of aliphatic hydroxyl groups is 1. The largest absolute Gasteiger partial charge is 0.393 e. The standard InChI is InChI=1S/C6H9NO2/c1-3-6(4-8)7-5(2)9/h1,6,8H,4H2,2H3,(H,7,9)/t6-/m1/s1. The minimum Gasteiger partial charge on any atom is -0.393 e. The minimum atomic E-state index is -0.539. The van der Waals surface area contributed by atoms with Crippen molar-refractivity contribution in [2.24, 2.45) is 0 Å². The number of aliphatic hydroxyl groups excluding tert-OH is 1. The number of amides is 1. The van der Waals surface area contributed by atoms with Gasteiger partial charge in [-0.25, -0.2) is 0 Å². The molecule has 9 heavy (non-hydrogen) atoms. The summed E-state index contributed by atoms with van der Waals surface area (Å²) in [6, 6.07) is -0.539. The van der Waals surface area contributed by atoms with E-state index >= 15 is 0 Å². The second-order valence-corrected chi connectivity index (χ2v) is 1.60. The third kappa shape index (κ3) is 3.56. The fraction of sp³-hybridized carbons (Fsp3) is 0.500. The fourth-order valence-corrected chi connectivity index (χ4v) is 0.385. The molecule has 50 valence electrons. The van der Waals surface area contributed by atoms with Gasteiger partial charge in [-0.15, -0.1) is 6.42 Å². The zero-order chi connectivity index (χ0) is 7.28. The van der Waals surface area contributed by atoms with Gasteiger partial charge in [0.1, 0.15) is 6.04 Å². The maximum Gasteiger partial charge on any atom is 0.217 e. The Bertz CT molecular complexity index is 136. The Kier molecular flexibility index (Phi) is 3.49. The third-order valence-corrected chi connectivity index (χ3v) is 0.761. The van der Waals surface area contributed by atoms with Crippen molar-refractivity contribution >= 4 is 5.91 Å². The molecule has 0 bridgehead atoms. The second-order valence-electron chi connectivity index (χ2n) is 1.60. The van der Waals surface area contributed by atoms with Crippen molar-refractivity contribution in [3.8, 4) is 12.3 Å². The molecule has 1 atom stereocenters. The Balaban J connectivity index is 3.60. The van der Waals surface area contributed by atoms with Gasteiger partial charge in [-0.3, -0.25) is 4.79 Å². The van der Waals surface area contributed by atoms with Gasteiger partial charge in [0.2, 0.25) is 5.91 Å². The molecular formula is C6H9NO2. The normalized spacial score (nSPS) is 11.7. The second kappa shape index (κ2) is 3.93. The lowest BCUT2D eigenvalue weighted by Gasteiger charge is -2.05. The molecule has 0 aromatic heterocycles. The molecule has 0 saturated heterocycles. The molecule has 0 radical (unpaired) electrons. The Morgan fingerprint density at radius 3 is 2.67 bits per heavy atom. The van der Waals surface area contributed by atoms with Gasteiger partial charge in [0.05, 0.1) is 6.61 Å². The van der Waals surface area contributed by atoms with Crippen molar-refractivity contribution in [2.45, 2.75) is 13.0 Å². The van der Waals surface area contributed by atoms with E-state index in [0.29, 0.717) is 0 Å². The summed E-state index contributed by atoms with van der Waals surface area (Å²) in [6.45, 7) is 1.14. The van der Waals surface area contributed by atoms with E-state index in [1.807, 2.05) is 0 Å². The predicted molar refractivity (Wildman–Crippen MR) is 33.5 cm³/mol. The molecule has 0 saturated carbocycles. The van der Waals surface area contributed by atoms with Crippen LogP contribution < -0.4 is 5.32 Å². The van der Waals surface area contributed by atoms with Crippen molar-refractivity contribution in [3.05, 3.63) is 0 Å². The van der Waals surface area contributed by atoms with Crippen molar-refractivity contribution in [3.63, 3.8) is 0 Å². The van der Waals surface area contributed by atoms with Crippen LogP contribution in [-0.4, -0.2) is 23.7 Å². The summed E-state index contributed by atoms with van der Waals surface area (Å²) in [5, 5.41) is 10.8. The summed E-state index contributed by atoms with van der Waals surface area (Å²) in [6.07, 6.45) is 4.91. The fourth-order valence-electron chi connectivity index (χ4n) is 0.385. The predicted octanol–water partition coefficient (Wildman–Crippen LogP) is -0.883. The summed E-state index contributed by atoms with van der Waals surface area (Å²) in [5.74, 6) is 1.97. The van der Waals surface area contributed by atoms with Crippen molar-refractivity contribution in [1.82, 2.24) is 5.32 Å². The molecular weight excluding hydrogens is 118 g/mol. The van der Waals surface area contributed by atoms with E-state index in [4.69, 9.17) is 11.5 Å². The molecule has 0 aliphatic rings. The molecule has 0 aromatic carbocycles. The molecule has 0 fully saturated rings. The van der Waals surface area contributed by atoms with Gasteiger partial charge >= 0.3 is 0 Å².